The maximum Gasteiger partial charge on any atom is 0.312 e. The molecule has 0 aromatic heterocycles. The van der Waals surface area contributed by atoms with Crippen molar-refractivity contribution < 1.29 is 29.0 Å². The highest BCUT2D eigenvalue weighted by Crippen LogP contribution is 2.65. The lowest BCUT2D eigenvalue weighted by Crippen LogP contribution is -2.57. The first-order chi connectivity index (χ1) is 20.1. The Labute approximate surface area is 250 Å². The molecule has 1 N–H and O–H groups in total. The van der Waals surface area contributed by atoms with Crippen LogP contribution in [0.5, 0.6) is 0 Å². The maximum atomic E-state index is 14.7. The number of amides is 2. The average Bonchev–Trinajstić information content (AvgIpc) is 3.49. The van der Waals surface area contributed by atoms with E-state index >= 15 is 0 Å². The Morgan fingerprint density at radius 3 is 2.36 bits per heavy atom. The summed E-state index contributed by atoms with van der Waals surface area (Å²) in [6.07, 6.45) is 5.25. The molecule has 9 nitrogen and oxygen atoms in total. The van der Waals surface area contributed by atoms with Gasteiger partial charge in [0.1, 0.15) is 17.6 Å². The Hall–Kier alpha value is -2.91. The smallest absolute Gasteiger partial charge is 0.312 e. The molecule has 3 saturated heterocycles. The summed E-state index contributed by atoms with van der Waals surface area (Å²) in [5, 5.41) is 9.20. The van der Waals surface area contributed by atoms with Gasteiger partial charge in [-0.25, -0.2) is 0 Å². The molecule has 232 valence electrons. The largest absolute Gasteiger partial charge is 0.466 e. The third-order valence-electron chi connectivity index (χ3n) is 9.76. The van der Waals surface area contributed by atoms with E-state index in [1.807, 2.05) is 38.1 Å². The van der Waals surface area contributed by atoms with Gasteiger partial charge in [-0.2, -0.15) is 0 Å². The molecule has 0 saturated carbocycles. The number of fused-ring (bicyclic) bond motifs is 1. The summed E-state index contributed by atoms with van der Waals surface area (Å²) in [5.74, 6) is -2.46. The van der Waals surface area contributed by atoms with E-state index in [9.17, 15) is 19.5 Å². The van der Waals surface area contributed by atoms with Gasteiger partial charge in [0, 0.05) is 44.2 Å². The fourth-order valence-corrected chi connectivity index (χ4v) is 7.63. The van der Waals surface area contributed by atoms with Crippen LogP contribution in [0.15, 0.2) is 36.9 Å². The number of anilines is 2. The van der Waals surface area contributed by atoms with E-state index < -0.39 is 35.0 Å². The Morgan fingerprint density at radius 2 is 1.76 bits per heavy atom. The standard InChI is InChI=1S/C33H49N3O6/c1-7-19-35(25-17-15-24(16-18-25)34(8-2)9-3)30(39)28-33-22-23(5)32(6,42-33)27(31(40)41-10-4)26(33)29(38)36(28)20-13-11-12-14-21-37/h7,15-18,23,26-28,37H,1,8-14,19-22H2,2-6H3/t23?,26-,27+,28?,32-,33?/m0/s1. The second-order valence-electron chi connectivity index (χ2n) is 12.1. The molecule has 6 atom stereocenters. The predicted molar refractivity (Wildman–Crippen MR) is 163 cm³/mol. The van der Waals surface area contributed by atoms with E-state index in [4.69, 9.17) is 9.47 Å². The lowest BCUT2D eigenvalue weighted by Gasteiger charge is -2.37. The zero-order chi connectivity index (χ0) is 30.7. The number of esters is 1. The first-order valence-corrected chi connectivity index (χ1v) is 15.7. The molecule has 2 amide bonds. The van der Waals surface area contributed by atoms with Crippen molar-refractivity contribution in [3.63, 3.8) is 0 Å². The van der Waals surface area contributed by atoms with Crippen LogP contribution in [0.1, 0.15) is 66.7 Å². The van der Waals surface area contributed by atoms with Gasteiger partial charge in [0.2, 0.25) is 5.91 Å². The second kappa shape index (κ2) is 13.2. The van der Waals surface area contributed by atoms with Gasteiger partial charge in [-0.05, 0) is 77.1 Å². The number of aliphatic hydroxyl groups excluding tert-OH is 1. The van der Waals surface area contributed by atoms with E-state index in [1.165, 1.54) is 0 Å². The van der Waals surface area contributed by atoms with Crippen molar-refractivity contribution >= 4 is 29.2 Å². The van der Waals surface area contributed by atoms with Gasteiger partial charge >= 0.3 is 5.97 Å². The summed E-state index contributed by atoms with van der Waals surface area (Å²) in [6.45, 7) is 16.6. The second-order valence-corrected chi connectivity index (χ2v) is 12.1. The highest BCUT2D eigenvalue weighted by atomic mass is 16.6. The Bertz CT molecular complexity index is 1140. The molecule has 0 aliphatic carbocycles. The van der Waals surface area contributed by atoms with Crippen LogP contribution >= 0.6 is 0 Å². The van der Waals surface area contributed by atoms with E-state index in [1.54, 1.807) is 22.8 Å². The van der Waals surface area contributed by atoms with E-state index in [-0.39, 0.29) is 37.5 Å². The number of carbonyl (C=O) groups is 3. The number of likely N-dealkylation sites (tertiary alicyclic amines) is 1. The molecule has 3 fully saturated rings. The Balaban J connectivity index is 1.74. The molecular weight excluding hydrogens is 534 g/mol. The van der Waals surface area contributed by atoms with Crippen molar-refractivity contribution in [3.05, 3.63) is 36.9 Å². The fourth-order valence-electron chi connectivity index (χ4n) is 7.63. The summed E-state index contributed by atoms with van der Waals surface area (Å²) in [5.41, 5.74) is -0.219. The van der Waals surface area contributed by atoms with Crippen molar-refractivity contribution in [2.45, 2.75) is 84.0 Å². The Morgan fingerprint density at radius 1 is 1.12 bits per heavy atom. The topological polar surface area (TPSA) is 99.6 Å². The molecule has 1 aromatic carbocycles. The third-order valence-corrected chi connectivity index (χ3v) is 9.76. The number of ether oxygens (including phenoxy) is 2. The van der Waals surface area contributed by atoms with Gasteiger partial charge in [-0.3, -0.25) is 14.4 Å². The van der Waals surface area contributed by atoms with Crippen LogP contribution in [-0.2, 0) is 23.9 Å². The maximum absolute atomic E-state index is 14.7. The van der Waals surface area contributed by atoms with Crippen LogP contribution < -0.4 is 9.80 Å². The highest BCUT2D eigenvalue weighted by molar-refractivity contribution is 6.05. The van der Waals surface area contributed by atoms with Crippen molar-refractivity contribution in [1.82, 2.24) is 4.90 Å². The minimum absolute atomic E-state index is 0.0445. The number of aliphatic hydroxyl groups is 1. The van der Waals surface area contributed by atoms with Crippen LogP contribution in [0.2, 0.25) is 0 Å². The normalized spacial score (nSPS) is 29.5. The zero-order valence-corrected chi connectivity index (χ0v) is 26.0. The predicted octanol–water partition coefficient (Wildman–Crippen LogP) is 4.18. The van der Waals surface area contributed by atoms with Crippen LogP contribution in [0.25, 0.3) is 0 Å². The SMILES string of the molecule is C=CCN(C(=O)C1N(CCCCCCO)C(=O)[C@@H]2[C@H](C(=O)OCC)[C@@]3(C)OC12CC3C)c1ccc(N(CC)CC)cc1. The van der Waals surface area contributed by atoms with Gasteiger partial charge < -0.3 is 29.3 Å². The van der Waals surface area contributed by atoms with Gasteiger partial charge in [-0.15, -0.1) is 6.58 Å². The molecule has 2 bridgehead atoms. The minimum atomic E-state index is -1.12. The number of hydrogen-bond acceptors (Lipinski definition) is 7. The number of benzene rings is 1. The quantitative estimate of drug-likeness (QED) is 0.188. The minimum Gasteiger partial charge on any atom is -0.466 e. The molecule has 9 heteroatoms. The molecule has 1 spiro atoms. The molecule has 3 aliphatic rings. The van der Waals surface area contributed by atoms with Gasteiger partial charge in [0.05, 0.1) is 18.1 Å². The highest BCUT2D eigenvalue weighted by Gasteiger charge is 2.80. The molecule has 3 unspecified atom stereocenters. The van der Waals surface area contributed by atoms with Gasteiger partial charge in [-0.1, -0.05) is 25.8 Å². The van der Waals surface area contributed by atoms with Crippen molar-refractivity contribution in [2.24, 2.45) is 17.8 Å². The molecule has 42 heavy (non-hydrogen) atoms. The van der Waals surface area contributed by atoms with Crippen LogP contribution in [-0.4, -0.2) is 84.4 Å². The number of nitrogens with zero attached hydrogens (tertiary/aromatic N) is 3. The zero-order valence-electron chi connectivity index (χ0n) is 26.0. The van der Waals surface area contributed by atoms with Crippen molar-refractivity contribution in [1.29, 1.82) is 0 Å². The first kappa shape index (κ1) is 32.0. The molecule has 3 heterocycles. The van der Waals surface area contributed by atoms with Crippen molar-refractivity contribution in [3.8, 4) is 0 Å². The molecule has 3 aliphatic heterocycles. The Kier molecular flexibility index (Phi) is 10.0. The number of carbonyl (C=O) groups excluding carboxylic acids is 3. The third kappa shape index (κ3) is 5.34. The number of rotatable bonds is 15. The number of hydrogen-bond donors (Lipinski definition) is 1. The van der Waals surface area contributed by atoms with Crippen LogP contribution in [0.3, 0.4) is 0 Å². The van der Waals surface area contributed by atoms with Crippen LogP contribution in [0.4, 0.5) is 11.4 Å². The van der Waals surface area contributed by atoms with E-state index in [2.05, 4.69) is 25.3 Å². The molecular formula is C33H49N3O6. The summed E-state index contributed by atoms with van der Waals surface area (Å²) >= 11 is 0. The monoisotopic (exact) mass is 583 g/mol. The summed E-state index contributed by atoms with van der Waals surface area (Å²) < 4.78 is 12.3. The van der Waals surface area contributed by atoms with Gasteiger partial charge in [0.25, 0.3) is 5.91 Å². The van der Waals surface area contributed by atoms with Gasteiger partial charge in [0.15, 0.2) is 0 Å². The molecule has 1 aromatic rings. The summed E-state index contributed by atoms with van der Waals surface area (Å²) in [7, 11) is 0. The van der Waals surface area contributed by atoms with E-state index in [0.29, 0.717) is 25.8 Å². The lowest BCUT2D eigenvalue weighted by molar-refractivity contribution is -0.161. The van der Waals surface area contributed by atoms with Crippen LogP contribution in [0, 0.1) is 17.8 Å². The fraction of sp³-hybridized carbons (Fsp3) is 0.667. The molecule has 0 radical (unpaired) electrons. The summed E-state index contributed by atoms with van der Waals surface area (Å²) in [4.78, 5) is 48.0. The molecule has 4 rings (SSSR count). The lowest BCUT2D eigenvalue weighted by atomic mass is 9.62. The van der Waals surface area contributed by atoms with Crippen molar-refractivity contribution in [2.75, 3.05) is 49.2 Å². The average molecular weight is 584 g/mol. The first-order valence-electron chi connectivity index (χ1n) is 15.7. The van der Waals surface area contributed by atoms with E-state index in [0.717, 1.165) is 37.3 Å². The number of unbranched alkanes of at least 4 members (excludes halogenated alkanes) is 3. The summed E-state index contributed by atoms with van der Waals surface area (Å²) in [6, 6.07) is 7.04.